The van der Waals surface area contributed by atoms with E-state index in [4.69, 9.17) is 0 Å². The van der Waals surface area contributed by atoms with Gasteiger partial charge in [-0.15, -0.1) is 0 Å². The highest BCUT2D eigenvalue weighted by molar-refractivity contribution is 7.89. The fourth-order valence-corrected chi connectivity index (χ4v) is 4.99. The van der Waals surface area contributed by atoms with Crippen molar-refractivity contribution in [2.45, 2.75) is 37.6 Å². The second-order valence-electron chi connectivity index (χ2n) is 8.07. The molecule has 3 aromatic carbocycles. The van der Waals surface area contributed by atoms with E-state index >= 15 is 0 Å². The third-order valence-electron chi connectivity index (χ3n) is 5.81. The number of aryl methyl sites for hydroxylation is 2. The third kappa shape index (κ3) is 4.97. The number of hydrogen-bond acceptors (Lipinski definition) is 4. The van der Waals surface area contributed by atoms with Gasteiger partial charge in [0, 0.05) is 17.8 Å². The average molecular weight is 464 g/mol. The number of carbonyl (C=O) groups excluding carboxylic acids is 2. The molecule has 1 aliphatic heterocycles. The molecule has 170 valence electrons. The number of carbonyl (C=O) groups is 2. The number of benzene rings is 3. The summed E-state index contributed by atoms with van der Waals surface area (Å²) in [6, 6.07) is 17.7. The van der Waals surface area contributed by atoms with Gasteiger partial charge in [0.15, 0.2) is 0 Å². The summed E-state index contributed by atoms with van der Waals surface area (Å²) in [5.41, 5.74) is 4.44. The van der Waals surface area contributed by atoms with Crippen LogP contribution in [0, 0.1) is 13.8 Å². The average Bonchev–Trinajstić information content (AvgIpc) is 2.80. The van der Waals surface area contributed by atoms with Crippen LogP contribution in [-0.4, -0.2) is 20.2 Å². The topological polar surface area (TPSA) is 104 Å². The summed E-state index contributed by atoms with van der Waals surface area (Å²) >= 11 is 0. The summed E-state index contributed by atoms with van der Waals surface area (Å²) in [7, 11) is -4.03. The molecule has 33 heavy (non-hydrogen) atoms. The highest BCUT2D eigenvalue weighted by Crippen LogP contribution is 2.27. The van der Waals surface area contributed by atoms with Crippen molar-refractivity contribution in [3.8, 4) is 0 Å². The van der Waals surface area contributed by atoms with Crippen LogP contribution < -0.4 is 15.4 Å². The molecule has 1 atom stereocenters. The van der Waals surface area contributed by atoms with Gasteiger partial charge in [-0.05, 0) is 66.8 Å². The summed E-state index contributed by atoms with van der Waals surface area (Å²) in [6.45, 7) is 3.85. The molecular formula is C25H25N3O4S. The Labute approximate surface area is 193 Å². The maximum atomic E-state index is 13.3. The quantitative estimate of drug-likeness (QED) is 0.516. The zero-order valence-corrected chi connectivity index (χ0v) is 19.2. The van der Waals surface area contributed by atoms with Crippen molar-refractivity contribution in [2.24, 2.45) is 0 Å². The van der Waals surface area contributed by atoms with Crippen LogP contribution in [0.2, 0.25) is 0 Å². The lowest BCUT2D eigenvalue weighted by Crippen LogP contribution is -2.37. The molecular weight excluding hydrogens is 438 g/mol. The molecule has 1 heterocycles. The third-order valence-corrected chi connectivity index (χ3v) is 7.23. The van der Waals surface area contributed by atoms with Crippen molar-refractivity contribution in [2.75, 3.05) is 10.6 Å². The van der Waals surface area contributed by atoms with Crippen molar-refractivity contribution in [1.29, 1.82) is 0 Å². The molecule has 0 aliphatic carbocycles. The number of nitrogens with one attached hydrogen (secondary N) is 3. The first-order valence-electron chi connectivity index (χ1n) is 10.6. The van der Waals surface area contributed by atoms with Crippen LogP contribution in [0.1, 0.15) is 34.7 Å². The van der Waals surface area contributed by atoms with Crippen LogP contribution in [-0.2, 0) is 26.0 Å². The largest absolute Gasteiger partial charge is 0.326 e. The van der Waals surface area contributed by atoms with E-state index in [2.05, 4.69) is 15.4 Å². The van der Waals surface area contributed by atoms with Gasteiger partial charge in [0.25, 0.3) is 0 Å². The van der Waals surface area contributed by atoms with Crippen molar-refractivity contribution >= 4 is 33.2 Å². The van der Waals surface area contributed by atoms with Crippen molar-refractivity contribution in [1.82, 2.24) is 4.72 Å². The zero-order chi connectivity index (χ0) is 23.6. The van der Waals surface area contributed by atoms with Gasteiger partial charge in [-0.1, -0.05) is 42.5 Å². The summed E-state index contributed by atoms with van der Waals surface area (Å²) in [6.07, 6.45) is 0.759. The van der Waals surface area contributed by atoms with Gasteiger partial charge in [-0.25, -0.2) is 8.42 Å². The van der Waals surface area contributed by atoms with Gasteiger partial charge >= 0.3 is 0 Å². The van der Waals surface area contributed by atoms with Crippen molar-refractivity contribution < 1.29 is 18.0 Å². The predicted molar refractivity (Wildman–Crippen MR) is 127 cm³/mol. The second kappa shape index (κ2) is 9.17. The summed E-state index contributed by atoms with van der Waals surface area (Å²) in [4.78, 5) is 24.9. The molecule has 0 saturated carbocycles. The Balaban J connectivity index is 1.65. The molecule has 4 rings (SSSR count). The zero-order valence-electron chi connectivity index (χ0n) is 18.4. The number of hydrogen-bond donors (Lipinski definition) is 3. The molecule has 3 aromatic rings. The Kier molecular flexibility index (Phi) is 6.31. The van der Waals surface area contributed by atoms with Crippen LogP contribution >= 0.6 is 0 Å². The minimum atomic E-state index is -4.03. The van der Waals surface area contributed by atoms with E-state index in [1.54, 1.807) is 48.5 Å². The highest BCUT2D eigenvalue weighted by atomic mass is 32.2. The van der Waals surface area contributed by atoms with Crippen LogP contribution in [0.4, 0.5) is 11.4 Å². The van der Waals surface area contributed by atoms with E-state index in [-0.39, 0.29) is 10.8 Å². The van der Waals surface area contributed by atoms with Crippen LogP contribution in [0.5, 0.6) is 0 Å². The minimum Gasteiger partial charge on any atom is -0.326 e. The molecule has 8 heteroatoms. The number of amides is 2. The van der Waals surface area contributed by atoms with E-state index in [0.29, 0.717) is 29.8 Å². The Morgan fingerprint density at radius 1 is 0.970 bits per heavy atom. The monoisotopic (exact) mass is 463 g/mol. The lowest BCUT2D eigenvalue weighted by Gasteiger charge is -2.21. The Bertz CT molecular complexity index is 1320. The van der Waals surface area contributed by atoms with E-state index in [1.165, 1.54) is 6.07 Å². The van der Waals surface area contributed by atoms with Gasteiger partial charge in [0.2, 0.25) is 21.8 Å². The minimum absolute atomic E-state index is 0.0397. The molecule has 1 aliphatic rings. The molecule has 0 unspecified atom stereocenters. The standard InChI is InChI=1S/C25H25N3O4S/c1-16-7-6-10-21(17(16)2)27-25(30)24(18-8-4-3-5-9-18)28-33(31,32)20-12-13-22-19(15-20)11-14-23(29)26-22/h3-10,12-13,15,24,28H,11,14H2,1-2H3,(H,26,29)(H,27,30)/t24-/m0/s1. The van der Waals surface area contributed by atoms with Gasteiger partial charge in [-0.2, -0.15) is 4.72 Å². The molecule has 0 fully saturated rings. The second-order valence-corrected chi connectivity index (χ2v) is 9.78. The summed E-state index contributed by atoms with van der Waals surface area (Å²) in [5, 5.41) is 5.61. The van der Waals surface area contributed by atoms with Gasteiger partial charge in [0.05, 0.1) is 4.90 Å². The number of anilines is 2. The number of fused-ring (bicyclic) bond motifs is 1. The van der Waals surface area contributed by atoms with Crippen LogP contribution in [0.25, 0.3) is 0 Å². The van der Waals surface area contributed by atoms with E-state index in [9.17, 15) is 18.0 Å². The van der Waals surface area contributed by atoms with Crippen molar-refractivity contribution in [3.05, 3.63) is 89.0 Å². The molecule has 7 nitrogen and oxygen atoms in total. The van der Waals surface area contributed by atoms with Gasteiger partial charge in [-0.3, -0.25) is 9.59 Å². The molecule has 3 N–H and O–H groups in total. The fourth-order valence-electron chi connectivity index (χ4n) is 3.76. The molecule has 0 bridgehead atoms. The van der Waals surface area contributed by atoms with Gasteiger partial charge < -0.3 is 10.6 Å². The fraction of sp³-hybridized carbons (Fsp3) is 0.200. The lowest BCUT2D eigenvalue weighted by molar-refractivity contribution is -0.118. The first kappa shape index (κ1) is 22.7. The normalized spacial score (nSPS) is 14.2. The predicted octanol–water partition coefficient (Wildman–Crippen LogP) is 3.85. The van der Waals surface area contributed by atoms with E-state index in [0.717, 1.165) is 16.7 Å². The van der Waals surface area contributed by atoms with Gasteiger partial charge in [0.1, 0.15) is 6.04 Å². The molecule has 2 amide bonds. The Morgan fingerprint density at radius 2 is 1.73 bits per heavy atom. The van der Waals surface area contributed by atoms with Crippen LogP contribution in [0.15, 0.2) is 71.6 Å². The highest BCUT2D eigenvalue weighted by Gasteiger charge is 2.28. The number of rotatable bonds is 6. The SMILES string of the molecule is Cc1cccc(NC(=O)[C@@H](NS(=O)(=O)c2ccc3c(c2)CCC(=O)N3)c2ccccc2)c1C. The summed E-state index contributed by atoms with van der Waals surface area (Å²) in [5.74, 6) is -0.577. The van der Waals surface area contributed by atoms with E-state index in [1.807, 2.05) is 26.0 Å². The lowest BCUT2D eigenvalue weighted by atomic mass is 10.0. The Hall–Kier alpha value is -3.49. The van der Waals surface area contributed by atoms with Crippen molar-refractivity contribution in [3.63, 3.8) is 0 Å². The molecule has 0 saturated heterocycles. The first-order valence-corrected chi connectivity index (χ1v) is 12.1. The first-order chi connectivity index (χ1) is 15.7. The maximum absolute atomic E-state index is 13.3. The summed E-state index contributed by atoms with van der Waals surface area (Å²) < 4.78 is 29.1. The molecule has 0 radical (unpaired) electrons. The number of sulfonamides is 1. The smallest absolute Gasteiger partial charge is 0.247 e. The molecule has 0 aromatic heterocycles. The molecule has 0 spiro atoms. The maximum Gasteiger partial charge on any atom is 0.247 e. The van der Waals surface area contributed by atoms with E-state index < -0.39 is 22.0 Å². The Morgan fingerprint density at radius 3 is 2.48 bits per heavy atom. The van der Waals surface area contributed by atoms with Crippen LogP contribution in [0.3, 0.4) is 0 Å².